The van der Waals surface area contributed by atoms with E-state index in [1.165, 1.54) is 29.3 Å². The molecule has 9 nitrogen and oxygen atoms in total. The molecule has 0 bridgehead atoms. The van der Waals surface area contributed by atoms with Gasteiger partial charge < -0.3 is 10.1 Å². The number of pyridine rings is 1. The lowest BCUT2D eigenvalue weighted by Crippen LogP contribution is -2.35. The molecule has 2 atom stereocenters. The summed E-state index contributed by atoms with van der Waals surface area (Å²) in [6.45, 7) is -0.00355. The Bertz CT molecular complexity index is 1510. The third-order valence-electron chi connectivity index (χ3n) is 6.87. The summed E-state index contributed by atoms with van der Waals surface area (Å²) in [7, 11) is 0. The second-order valence-corrected chi connectivity index (χ2v) is 9.18. The van der Waals surface area contributed by atoms with Crippen molar-refractivity contribution in [1.29, 1.82) is 0 Å². The standard InChI is InChI=1S/C24H21ClF2N8O/c25-16-2-4-19(35-12-30-32-33-35)21(23(16)27)13-6-8-34-14(9-13)1-3-20(34)24-29-10-17(31-24)15-5-7-28-18(11-36)22(15)26/h2,4-7,10,12,14,20,36H,1,3,8-9,11H2,(H,29,31)/t14-,20+/m1/s1/i10D. The van der Waals surface area contributed by atoms with E-state index in [4.69, 9.17) is 13.0 Å². The molecule has 1 aromatic carbocycles. The summed E-state index contributed by atoms with van der Waals surface area (Å²) in [6, 6.07) is 4.65. The first-order valence-electron chi connectivity index (χ1n) is 11.9. The Morgan fingerprint density at radius 3 is 2.89 bits per heavy atom. The van der Waals surface area contributed by atoms with Crippen molar-refractivity contribution < 1.29 is 15.3 Å². The van der Waals surface area contributed by atoms with E-state index in [1.807, 2.05) is 6.08 Å². The van der Waals surface area contributed by atoms with Gasteiger partial charge >= 0.3 is 0 Å². The maximum absolute atomic E-state index is 15.3. The molecule has 0 unspecified atom stereocenters. The summed E-state index contributed by atoms with van der Waals surface area (Å²) in [5.74, 6) is -0.616. The van der Waals surface area contributed by atoms with Crippen LogP contribution in [0.2, 0.25) is 5.02 Å². The average Bonchev–Trinajstić information content (AvgIpc) is 3.65. The summed E-state index contributed by atoms with van der Waals surface area (Å²) in [6.07, 6.45) is 6.90. The highest BCUT2D eigenvalue weighted by atomic mass is 35.5. The van der Waals surface area contributed by atoms with Crippen LogP contribution in [0.4, 0.5) is 8.78 Å². The molecular formula is C24H21ClF2N8O. The number of H-pyrrole nitrogens is 1. The van der Waals surface area contributed by atoms with E-state index in [9.17, 15) is 9.50 Å². The van der Waals surface area contributed by atoms with Gasteiger partial charge in [-0.25, -0.2) is 13.8 Å². The lowest BCUT2D eigenvalue weighted by atomic mass is 9.92. The first kappa shape index (κ1) is 21.7. The summed E-state index contributed by atoms with van der Waals surface area (Å²) < 4.78 is 39.8. The smallest absolute Gasteiger partial charge is 0.156 e. The summed E-state index contributed by atoms with van der Waals surface area (Å²) in [4.78, 5) is 13.6. The Labute approximate surface area is 210 Å². The van der Waals surface area contributed by atoms with Crippen molar-refractivity contribution in [1.82, 2.24) is 40.1 Å². The molecule has 2 aliphatic rings. The summed E-state index contributed by atoms with van der Waals surface area (Å²) >= 11 is 6.13. The van der Waals surface area contributed by atoms with E-state index >= 15 is 4.39 Å². The number of rotatable bonds is 5. The zero-order valence-electron chi connectivity index (χ0n) is 19.9. The third-order valence-corrected chi connectivity index (χ3v) is 7.17. The van der Waals surface area contributed by atoms with Crippen LogP contribution in [0.3, 0.4) is 0 Å². The maximum Gasteiger partial charge on any atom is 0.156 e. The van der Waals surface area contributed by atoms with Crippen LogP contribution in [-0.2, 0) is 6.61 Å². The van der Waals surface area contributed by atoms with Crippen molar-refractivity contribution in [2.24, 2.45) is 0 Å². The van der Waals surface area contributed by atoms with Crippen LogP contribution in [0.5, 0.6) is 0 Å². The number of halogens is 3. The lowest BCUT2D eigenvalue weighted by Gasteiger charge is -2.33. The highest BCUT2D eigenvalue weighted by molar-refractivity contribution is 6.31. The Morgan fingerprint density at radius 1 is 1.19 bits per heavy atom. The molecule has 0 radical (unpaired) electrons. The minimum Gasteiger partial charge on any atom is -0.390 e. The second kappa shape index (κ2) is 9.16. The molecule has 2 aliphatic heterocycles. The predicted molar refractivity (Wildman–Crippen MR) is 127 cm³/mol. The molecule has 36 heavy (non-hydrogen) atoms. The van der Waals surface area contributed by atoms with Crippen LogP contribution in [-0.4, -0.2) is 57.8 Å². The Balaban J connectivity index is 1.31. The lowest BCUT2D eigenvalue weighted by molar-refractivity contribution is 0.205. The van der Waals surface area contributed by atoms with Crippen molar-refractivity contribution in [2.75, 3.05) is 6.54 Å². The molecule has 3 aromatic heterocycles. The van der Waals surface area contributed by atoms with Crippen LogP contribution in [0, 0.1) is 11.6 Å². The maximum atomic E-state index is 15.3. The van der Waals surface area contributed by atoms with Gasteiger partial charge in [-0.15, -0.1) is 5.10 Å². The van der Waals surface area contributed by atoms with Gasteiger partial charge in [-0.2, -0.15) is 4.68 Å². The molecule has 184 valence electrons. The zero-order chi connectivity index (χ0) is 25.7. The number of hydrogen-bond acceptors (Lipinski definition) is 7. The van der Waals surface area contributed by atoms with Crippen LogP contribution >= 0.6 is 11.6 Å². The van der Waals surface area contributed by atoms with Crippen LogP contribution < -0.4 is 0 Å². The largest absolute Gasteiger partial charge is 0.390 e. The Morgan fingerprint density at radius 2 is 2.08 bits per heavy atom. The normalized spacial score (nSPS) is 20.3. The predicted octanol–water partition coefficient (Wildman–Crippen LogP) is 3.86. The topological polar surface area (TPSA) is 109 Å². The third kappa shape index (κ3) is 3.80. The number of hydrogen-bond donors (Lipinski definition) is 2. The fraction of sp³-hybridized carbons (Fsp3) is 0.292. The first-order chi connectivity index (χ1) is 18.0. The number of nitrogens with one attached hydrogen (secondary N) is 1. The molecule has 1 fully saturated rings. The molecule has 0 aliphatic carbocycles. The molecule has 1 saturated heterocycles. The summed E-state index contributed by atoms with van der Waals surface area (Å²) in [5.41, 5.74) is 2.01. The van der Waals surface area contributed by atoms with Crippen molar-refractivity contribution in [2.45, 2.75) is 38.0 Å². The number of tetrazole rings is 1. The molecule has 5 heterocycles. The van der Waals surface area contributed by atoms with E-state index in [2.05, 4.69) is 35.4 Å². The van der Waals surface area contributed by atoms with Crippen molar-refractivity contribution in [3.8, 4) is 16.9 Å². The first-order valence-corrected chi connectivity index (χ1v) is 11.8. The second-order valence-electron chi connectivity index (χ2n) is 8.77. The number of aromatic nitrogens is 7. The molecular weight excluding hydrogens is 490 g/mol. The highest BCUT2D eigenvalue weighted by Gasteiger charge is 2.38. The van der Waals surface area contributed by atoms with Gasteiger partial charge in [-0.05, 0) is 53.5 Å². The number of aliphatic hydroxyl groups is 1. The fourth-order valence-electron chi connectivity index (χ4n) is 5.17. The SMILES string of the molecule is [2H]c1nc([C@@H]2CC[C@@H]3CC(c4c(-n5cnnn5)ccc(Cl)c4F)=CCN32)[nH]c1-c1ccnc(CO)c1F. The van der Waals surface area contributed by atoms with Crippen molar-refractivity contribution in [3.05, 3.63) is 76.7 Å². The quantitative estimate of drug-likeness (QED) is 0.419. The molecule has 6 rings (SSSR count). The van der Waals surface area contributed by atoms with Crippen molar-refractivity contribution in [3.63, 3.8) is 0 Å². The zero-order valence-corrected chi connectivity index (χ0v) is 19.6. The minimum atomic E-state index is -0.675. The molecule has 0 spiro atoms. The number of nitrogens with zero attached hydrogens (tertiary/aromatic N) is 7. The molecule has 0 amide bonds. The van der Waals surface area contributed by atoms with Crippen LogP contribution in [0.25, 0.3) is 22.5 Å². The summed E-state index contributed by atoms with van der Waals surface area (Å²) in [5, 5.41) is 20.6. The van der Waals surface area contributed by atoms with Gasteiger partial charge in [-0.1, -0.05) is 17.7 Å². The van der Waals surface area contributed by atoms with Gasteiger partial charge in [0, 0.05) is 29.9 Å². The van der Waals surface area contributed by atoms with E-state index in [1.54, 1.807) is 6.07 Å². The average molecular weight is 512 g/mol. The Hall–Kier alpha value is -3.54. The van der Waals surface area contributed by atoms with E-state index in [0.29, 0.717) is 30.0 Å². The van der Waals surface area contributed by atoms with Gasteiger partial charge in [-0.3, -0.25) is 9.88 Å². The number of aromatic amines is 1. The monoisotopic (exact) mass is 511 g/mol. The van der Waals surface area contributed by atoms with Crippen LogP contribution in [0.1, 0.15) is 43.8 Å². The molecule has 2 N–H and O–H groups in total. The van der Waals surface area contributed by atoms with E-state index in [-0.39, 0.29) is 40.2 Å². The van der Waals surface area contributed by atoms with E-state index in [0.717, 1.165) is 18.4 Å². The highest BCUT2D eigenvalue weighted by Crippen LogP contribution is 2.43. The molecule has 0 saturated carbocycles. The van der Waals surface area contributed by atoms with E-state index < -0.39 is 18.2 Å². The van der Waals surface area contributed by atoms with Gasteiger partial charge in [0.15, 0.2) is 11.6 Å². The minimum absolute atomic E-state index is 0.0262. The Kier molecular flexibility index (Phi) is 5.52. The number of fused-ring (bicyclic) bond motifs is 1. The molecule has 4 aromatic rings. The van der Waals surface area contributed by atoms with Gasteiger partial charge in [0.1, 0.15) is 17.8 Å². The van der Waals surface area contributed by atoms with Gasteiger partial charge in [0.25, 0.3) is 0 Å². The molecule has 12 heteroatoms. The van der Waals surface area contributed by atoms with Crippen molar-refractivity contribution >= 4 is 17.2 Å². The van der Waals surface area contributed by atoms with Gasteiger partial charge in [0.2, 0.25) is 0 Å². The number of imidazole rings is 1. The number of benzene rings is 1. The fourth-order valence-corrected chi connectivity index (χ4v) is 5.32. The van der Waals surface area contributed by atoms with Crippen LogP contribution in [0.15, 0.2) is 43.0 Å². The number of aliphatic hydroxyl groups excluding tert-OH is 1. The van der Waals surface area contributed by atoms with Gasteiger partial charge in [0.05, 0.1) is 36.6 Å².